The average molecular weight is 220 g/mol. The first-order valence-electron chi connectivity index (χ1n) is 4.41. The van der Waals surface area contributed by atoms with E-state index in [0.29, 0.717) is 12.0 Å². The monoisotopic (exact) mass is 220 g/mol. The highest BCUT2D eigenvalue weighted by Crippen LogP contribution is 2.28. The SMILES string of the molecule is Cc1cc(C(F)(F)F)nn1CC(C)C=O. The van der Waals surface area contributed by atoms with E-state index in [0.717, 1.165) is 6.07 Å². The Morgan fingerprint density at radius 3 is 2.60 bits per heavy atom. The number of carbonyl (C=O) groups is 1. The van der Waals surface area contributed by atoms with Gasteiger partial charge >= 0.3 is 6.18 Å². The minimum Gasteiger partial charge on any atom is -0.303 e. The molecular weight excluding hydrogens is 209 g/mol. The third kappa shape index (κ3) is 2.81. The van der Waals surface area contributed by atoms with Gasteiger partial charge in [-0.05, 0) is 13.0 Å². The molecule has 0 N–H and O–H groups in total. The number of halogens is 3. The van der Waals surface area contributed by atoms with E-state index in [2.05, 4.69) is 5.10 Å². The zero-order chi connectivity index (χ0) is 11.6. The summed E-state index contributed by atoms with van der Waals surface area (Å²) in [5, 5.41) is 3.40. The van der Waals surface area contributed by atoms with Crippen LogP contribution in [0.15, 0.2) is 6.07 Å². The third-order valence-electron chi connectivity index (χ3n) is 1.96. The second-order valence-corrected chi connectivity index (χ2v) is 3.46. The number of hydrogen-bond donors (Lipinski definition) is 0. The van der Waals surface area contributed by atoms with E-state index < -0.39 is 11.9 Å². The van der Waals surface area contributed by atoms with Gasteiger partial charge < -0.3 is 4.79 Å². The smallest absolute Gasteiger partial charge is 0.303 e. The Balaban J connectivity index is 2.92. The molecule has 0 aliphatic rings. The molecule has 3 nitrogen and oxygen atoms in total. The first kappa shape index (κ1) is 11.7. The Morgan fingerprint density at radius 2 is 2.20 bits per heavy atom. The number of alkyl halides is 3. The molecule has 1 aromatic heterocycles. The zero-order valence-corrected chi connectivity index (χ0v) is 8.38. The molecule has 0 fully saturated rings. The summed E-state index contributed by atoms with van der Waals surface area (Å²) >= 11 is 0. The molecule has 84 valence electrons. The van der Waals surface area contributed by atoms with Crippen LogP contribution in [0.3, 0.4) is 0 Å². The van der Waals surface area contributed by atoms with Crippen molar-refractivity contribution in [2.45, 2.75) is 26.6 Å². The van der Waals surface area contributed by atoms with Gasteiger partial charge in [0.15, 0.2) is 5.69 Å². The van der Waals surface area contributed by atoms with Crippen LogP contribution in [0.2, 0.25) is 0 Å². The summed E-state index contributed by atoms with van der Waals surface area (Å²) < 4.78 is 38.0. The van der Waals surface area contributed by atoms with Gasteiger partial charge in [-0.1, -0.05) is 6.92 Å². The standard InChI is InChI=1S/C9H11F3N2O/c1-6(5-15)4-14-7(2)3-8(13-14)9(10,11)12/h3,5-6H,4H2,1-2H3. The molecule has 6 heteroatoms. The lowest BCUT2D eigenvalue weighted by Crippen LogP contribution is -2.13. The van der Waals surface area contributed by atoms with Gasteiger partial charge in [-0.15, -0.1) is 0 Å². The molecular formula is C9H11F3N2O. The van der Waals surface area contributed by atoms with Crippen LogP contribution in [0.25, 0.3) is 0 Å². The minimum absolute atomic E-state index is 0.172. The number of aryl methyl sites for hydroxylation is 1. The normalized spacial score (nSPS) is 13.9. The summed E-state index contributed by atoms with van der Waals surface area (Å²) in [5.74, 6) is -0.343. The maximum atomic E-state index is 12.3. The predicted molar refractivity (Wildman–Crippen MR) is 47.2 cm³/mol. The van der Waals surface area contributed by atoms with Crippen LogP contribution in [-0.4, -0.2) is 16.1 Å². The molecule has 0 aromatic carbocycles. The van der Waals surface area contributed by atoms with Gasteiger partial charge in [-0.25, -0.2) is 0 Å². The van der Waals surface area contributed by atoms with Crippen molar-refractivity contribution in [2.75, 3.05) is 0 Å². The second-order valence-electron chi connectivity index (χ2n) is 3.46. The summed E-state index contributed by atoms with van der Waals surface area (Å²) in [7, 11) is 0. The lowest BCUT2D eigenvalue weighted by atomic mass is 10.2. The van der Waals surface area contributed by atoms with E-state index >= 15 is 0 Å². The number of nitrogens with zero attached hydrogens (tertiary/aromatic N) is 2. The number of rotatable bonds is 3. The summed E-state index contributed by atoms with van der Waals surface area (Å²) in [6, 6.07) is 0.970. The summed E-state index contributed by atoms with van der Waals surface area (Å²) in [6.45, 7) is 3.33. The number of carbonyl (C=O) groups excluding carboxylic acids is 1. The van der Waals surface area contributed by atoms with Crippen LogP contribution in [0, 0.1) is 12.8 Å². The molecule has 0 aliphatic heterocycles. The summed E-state index contributed by atoms with van der Waals surface area (Å²) in [5.41, 5.74) is -0.519. The van der Waals surface area contributed by atoms with Crippen molar-refractivity contribution >= 4 is 6.29 Å². The second kappa shape index (κ2) is 4.04. The molecule has 0 amide bonds. The van der Waals surface area contributed by atoms with E-state index in [1.54, 1.807) is 6.92 Å². The van der Waals surface area contributed by atoms with Gasteiger partial charge in [0, 0.05) is 11.6 Å². The van der Waals surface area contributed by atoms with Gasteiger partial charge in [-0.3, -0.25) is 4.68 Å². The molecule has 0 radical (unpaired) electrons. The Hall–Kier alpha value is -1.33. The zero-order valence-electron chi connectivity index (χ0n) is 8.38. The summed E-state index contributed by atoms with van der Waals surface area (Å²) in [4.78, 5) is 10.4. The van der Waals surface area contributed by atoms with Crippen molar-refractivity contribution in [3.63, 3.8) is 0 Å². The van der Waals surface area contributed by atoms with E-state index in [1.807, 2.05) is 0 Å². The molecule has 1 unspecified atom stereocenters. The highest BCUT2D eigenvalue weighted by Gasteiger charge is 2.34. The fourth-order valence-electron chi connectivity index (χ4n) is 1.15. The molecule has 0 aliphatic carbocycles. The van der Waals surface area contributed by atoms with E-state index in [1.165, 1.54) is 11.6 Å². The van der Waals surface area contributed by atoms with Crippen molar-refractivity contribution < 1.29 is 18.0 Å². The molecule has 1 atom stereocenters. The fourth-order valence-corrected chi connectivity index (χ4v) is 1.15. The fraction of sp³-hybridized carbons (Fsp3) is 0.556. The first-order chi connectivity index (χ1) is 6.84. The van der Waals surface area contributed by atoms with Crippen molar-refractivity contribution in [2.24, 2.45) is 5.92 Å². The van der Waals surface area contributed by atoms with E-state index in [9.17, 15) is 18.0 Å². The maximum Gasteiger partial charge on any atom is 0.435 e. The molecule has 1 heterocycles. The third-order valence-corrected chi connectivity index (χ3v) is 1.96. The molecule has 0 saturated heterocycles. The van der Waals surface area contributed by atoms with Crippen molar-refractivity contribution in [1.29, 1.82) is 0 Å². The maximum absolute atomic E-state index is 12.3. The first-order valence-corrected chi connectivity index (χ1v) is 4.41. The van der Waals surface area contributed by atoms with Crippen LogP contribution in [0.4, 0.5) is 13.2 Å². The summed E-state index contributed by atoms with van der Waals surface area (Å²) in [6.07, 6.45) is -3.74. The molecule has 0 spiro atoms. The molecule has 15 heavy (non-hydrogen) atoms. The Labute approximate surface area is 84.9 Å². The van der Waals surface area contributed by atoms with Gasteiger partial charge in [0.1, 0.15) is 6.29 Å². The van der Waals surface area contributed by atoms with Crippen LogP contribution < -0.4 is 0 Å². The highest BCUT2D eigenvalue weighted by atomic mass is 19.4. The van der Waals surface area contributed by atoms with Gasteiger partial charge in [0.25, 0.3) is 0 Å². The van der Waals surface area contributed by atoms with E-state index in [4.69, 9.17) is 0 Å². The lowest BCUT2D eigenvalue weighted by molar-refractivity contribution is -0.141. The van der Waals surface area contributed by atoms with E-state index in [-0.39, 0.29) is 12.5 Å². The average Bonchev–Trinajstić information content (AvgIpc) is 2.47. The number of aromatic nitrogens is 2. The molecule has 0 bridgehead atoms. The highest BCUT2D eigenvalue weighted by molar-refractivity contribution is 5.52. The Bertz CT molecular complexity index is 357. The minimum atomic E-state index is -4.43. The largest absolute Gasteiger partial charge is 0.435 e. The molecule has 1 aromatic rings. The van der Waals surface area contributed by atoms with Crippen LogP contribution >= 0.6 is 0 Å². The molecule has 1 rings (SSSR count). The van der Waals surface area contributed by atoms with Crippen molar-refractivity contribution in [3.05, 3.63) is 17.5 Å². The topological polar surface area (TPSA) is 34.9 Å². The lowest BCUT2D eigenvalue weighted by Gasteiger charge is -2.06. The van der Waals surface area contributed by atoms with Gasteiger partial charge in [0.05, 0.1) is 6.54 Å². The van der Waals surface area contributed by atoms with Gasteiger partial charge in [0.2, 0.25) is 0 Å². The molecule has 0 saturated carbocycles. The van der Waals surface area contributed by atoms with Crippen LogP contribution in [-0.2, 0) is 17.5 Å². The van der Waals surface area contributed by atoms with Crippen molar-refractivity contribution in [1.82, 2.24) is 9.78 Å². The predicted octanol–water partition coefficient (Wildman–Crippen LogP) is 2.05. The van der Waals surface area contributed by atoms with Crippen LogP contribution in [0.1, 0.15) is 18.3 Å². The van der Waals surface area contributed by atoms with Gasteiger partial charge in [-0.2, -0.15) is 18.3 Å². The Kier molecular flexibility index (Phi) is 3.16. The van der Waals surface area contributed by atoms with Crippen LogP contribution in [0.5, 0.6) is 0 Å². The Morgan fingerprint density at radius 1 is 1.60 bits per heavy atom. The number of hydrogen-bond acceptors (Lipinski definition) is 2. The quantitative estimate of drug-likeness (QED) is 0.730. The number of aldehydes is 1. The van der Waals surface area contributed by atoms with Crippen molar-refractivity contribution in [3.8, 4) is 0 Å².